The van der Waals surface area contributed by atoms with Gasteiger partial charge in [0.1, 0.15) is 11.4 Å². The maximum absolute atomic E-state index is 10.9. The number of nitro groups is 1. The second-order valence-electron chi connectivity index (χ2n) is 4.19. The van der Waals surface area contributed by atoms with Crippen molar-refractivity contribution in [3.05, 3.63) is 28.3 Å². The Morgan fingerprint density at radius 2 is 2.17 bits per heavy atom. The number of ether oxygens (including phenoxy) is 1. The van der Waals surface area contributed by atoms with Crippen LogP contribution >= 0.6 is 0 Å². The fourth-order valence-electron chi connectivity index (χ4n) is 1.53. The fourth-order valence-corrected chi connectivity index (χ4v) is 1.53. The second-order valence-corrected chi connectivity index (χ2v) is 4.19. The minimum Gasteiger partial charge on any atom is -0.493 e. The molecule has 0 aromatic heterocycles. The Bertz CT molecular complexity index is 408. The molecule has 1 aromatic carbocycles. The van der Waals surface area contributed by atoms with Crippen LogP contribution in [0, 0.1) is 10.1 Å². The van der Waals surface area contributed by atoms with Crippen LogP contribution in [0.25, 0.3) is 0 Å². The molecule has 0 radical (unpaired) electrons. The molecule has 0 aliphatic heterocycles. The van der Waals surface area contributed by atoms with E-state index < -0.39 is 4.92 Å². The first-order valence-electron chi connectivity index (χ1n) is 5.78. The highest BCUT2D eigenvalue weighted by Crippen LogP contribution is 2.28. The molecule has 1 N–H and O–H groups in total. The molecule has 0 amide bonds. The molecule has 0 aliphatic rings. The van der Waals surface area contributed by atoms with E-state index in [0.29, 0.717) is 18.0 Å². The van der Waals surface area contributed by atoms with Gasteiger partial charge in [-0.1, -0.05) is 0 Å². The number of nitro benzene ring substituents is 1. The third kappa shape index (κ3) is 4.21. The van der Waals surface area contributed by atoms with Crippen molar-refractivity contribution in [3.63, 3.8) is 0 Å². The van der Waals surface area contributed by atoms with E-state index in [9.17, 15) is 10.1 Å². The average molecular weight is 253 g/mol. The minimum absolute atomic E-state index is 0.0302. The number of nitrogens with one attached hydrogen (secondary N) is 1. The zero-order valence-electron chi connectivity index (χ0n) is 11.0. The van der Waals surface area contributed by atoms with Crippen molar-refractivity contribution in [1.29, 1.82) is 0 Å². The molecule has 0 atom stereocenters. The van der Waals surface area contributed by atoms with Gasteiger partial charge < -0.3 is 15.0 Å². The van der Waals surface area contributed by atoms with E-state index in [1.54, 1.807) is 19.2 Å². The first-order valence-corrected chi connectivity index (χ1v) is 5.78. The molecule has 18 heavy (non-hydrogen) atoms. The van der Waals surface area contributed by atoms with E-state index >= 15 is 0 Å². The van der Waals surface area contributed by atoms with Crippen molar-refractivity contribution in [2.45, 2.75) is 6.42 Å². The monoisotopic (exact) mass is 253 g/mol. The van der Waals surface area contributed by atoms with Gasteiger partial charge in [-0.2, -0.15) is 0 Å². The molecule has 0 bridgehead atoms. The molecule has 1 rings (SSSR count). The minimum atomic E-state index is -0.418. The van der Waals surface area contributed by atoms with Crippen LogP contribution in [0.2, 0.25) is 0 Å². The Balaban J connectivity index is 2.62. The van der Waals surface area contributed by atoms with Crippen LogP contribution in [0.4, 0.5) is 11.4 Å². The van der Waals surface area contributed by atoms with E-state index in [1.165, 1.54) is 6.07 Å². The molecule has 6 nitrogen and oxygen atoms in total. The molecule has 0 fully saturated rings. The Hall–Kier alpha value is -1.82. The molecule has 6 heteroatoms. The number of benzene rings is 1. The molecule has 1 aromatic rings. The van der Waals surface area contributed by atoms with Crippen molar-refractivity contribution in [2.75, 3.05) is 39.6 Å². The number of hydrogen-bond donors (Lipinski definition) is 1. The second kappa shape index (κ2) is 6.80. The number of anilines is 1. The average Bonchev–Trinajstić information content (AvgIpc) is 2.34. The van der Waals surface area contributed by atoms with Gasteiger partial charge in [0.25, 0.3) is 5.69 Å². The topological polar surface area (TPSA) is 67.6 Å². The van der Waals surface area contributed by atoms with E-state index in [2.05, 4.69) is 10.2 Å². The SMILES string of the molecule is CNc1ccc(OCCCN(C)C)cc1[N+](=O)[O-]. The van der Waals surface area contributed by atoms with Gasteiger partial charge in [0, 0.05) is 13.6 Å². The van der Waals surface area contributed by atoms with E-state index in [1.807, 2.05) is 14.1 Å². The first-order chi connectivity index (χ1) is 8.54. The summed E-state index contributed by atoms with van der Waals surface area (Å²) in [6.07, 6.45) is 0.884. The van der Waals surface area contributed by atoms with Crippen LogP contribution in [0.1, 0.15) is 6.42 Å². The van der Waals surface area contributed by atoms with Gasteiger partial charge in [0.2, 0.25) is 0 Å². The summed E-state index contributed by atoms with van der Waals surface area (Å²) >= 11 is 0. The summed E-state index contributed by atoms with van der Waals surface area (Å²) in [4.78, 5) is 12.5. The summed E-state index contributed by atoms with van der Waals surface area (Å²) in [7, 11) is 5.64. The maximum atomic E-state index is 10.9. The van der Waals surface area contributed by atoms with Crippen molar-refractivity contribution in [3.8, 4) is 5.75 Å². The van der Waals surface area contributed by atoms with Crippen molar-refractivity contribution < 1.29 is 9.66 Å². The standard InChI is InChI=1S/C12H19N3O3/c1-13-11-6-5-10(9-12(11)15(16)17)18-8-4-7-14(2)3/h5-6,9,13H,4,7-8H2,1-3H3. The molecule has 100 valence electrons. The smallest absolute Gasteiger partial charge is 0.296 e. The molecule has 0 saturated carbocycles. The van der Waals surface area contributed by atoms with Gasteiger partial charge in [-0.05, 0) is 32.6 Å². The molecule has 0 saturated heterocycles. The van der Waals surface area contributed by atoms with Gasteiger partial charge in [0.05, 0.1) is 17.6 Å². The summed E-state index contributed by atoms with van der Waals surface area (Å²) in [6, 6.07) is 4.83. The first kappa shape index (κ1) is 14.2. The van der Waals surface area contributed by atoms with Crippen molar-refractivity contribution in [2.24, 2.45) is 0 Å². The molecular formula is C12H19N3O3. The Kier molecular flexibility index (Phi) is 5.38. The highest BCUT2D eigenvalue weighted by Gasteiger charge is 2.13. The van der Waals surface area contributed by atoms with Crippen LogP contribution in [0.3, 0.4) is 0 Å². The number of hydrogen-bond acceptors (Lipinski definition) is 5. The van der Waals surface area contributed by atoms with Crippen LogP contribution in [0.5, 0.6) is 5.75 Å². The Morgan fingerprint density at radius 1 is 1.44 bits per heavy atom. The Morgan fingerprint density at radius 3 is 2.72 bits per heavy atom. The summed E-state index contributed by atoms with van der Waals surface area (Å²) in [6.45, 7) is 1.48. The van der Waals surface area contributed by atoms with Crippen molar-refractivity contribution in [1.82, 2.24) is 4.90 Å². The zero-order valence-corrected chi connectivity index (χ0v) is 11.0. The van der Waals surface area contributed by atoms with Crippen LogP contribution in [-0.2, 0) is 0 Å². The van der Waals surface area contributed by atoms with E-state index in [4.69, 9.17) is 4.74 Å². The lowest BCUT2D eigenvalue weighted by atomic mass is 10.2. The lowest BCUT2D eigenvalue weighted by Gasteiger charge is -2.11. The summed E-state index contributed by atoms with van der Waals surface area (Å²) in [5.74, 6) is 0.527. The zero-order chi connectivity index (χ0) is 13.5. The van der Waals surface area contributed by atoms with Gasteiger partial charge >= 0.3 is 0 Å². The third-order valence-corrected chi connectivity index (χ3v) is 2.45. The molecule has 0 spiro atoms. The van der Waals surface area contributed by atoms with Gasteiger partial charge in [-0.25, -0.2) is 0 Å². The van der Waals surface area contributed by atoms with E-state index in [0.717, 1.165) is 13.0 Å². The van der Waals surface area contributed by atoms with Gasteiger partial charge in [-0.15, -0.1) is 0 Å². The van der Waals surface area contributed by atoms with Gasteiger partial charge in [0.15, 0.2) is 0 Å². The van der Waals surface area contributed by atoms with E-state index in [-0.39, 0.29) is 5.69 Å². The quantitative estimate of drug-likeness (QED) is 0.457. The fraction of sp³-hybridized carbons (Fsp3) is 0.500. The lowest BCUT2D eigenvalue weighted by molar-refractivity contribution is -0.384. The normalized spacial score (nSPS) is 10.4. The summed E-state index contributed by atoms with van der Waals surface area (Å²) in [5.41, 5.74) is 0.517. The van der Waals surface area contributed by atoms with Crippen LogP contribution < -0.4 is 10.1 Å². The highest BCUT2D eigenvalue weighted by atomic mass is 16.6. The highest BCUT2D eigenvalue weighted by molar-refractivity contribution is 5.63. The predicted molar refractivity (Wildman–Crippen MR) is 71.3 cm³/mol. The third-order valence-electron chi connectivity index (χ3n) is 2.45. The molecule has 0 heterocycles. The van der Waals surface area contributed by atoms with Gasteiger partial charge in [-0.3, -0.25) is 10.1 Å². The lowest BCUT2D eigenvalue weighted by Crippen LogP contribution is -2.15. The van der Waals surface area contributed by atoms with Crippen LogP contribution in [-0.4, -0.2) is 44.1 Å². The number of rotatable bonds is 7. The summed E-state index contributed by atoms with van der Waals surface area (Å²) < 4.78 is 5.49. The largest absolute Gasteiger partial charge is 0.493 e. The molecule has 0 unspecified atom stereocenters. The summed E-state index contributed by atoms with van der Waals surface area (Å²) in [5, 5.41) is 13.6. The Labute approximate surface area is 107 Å². The molecule has 0 aliphatic carbocycles. The van der Waals surface area contributed by atoms with Crippen LogP contribution in [0.15, 0.2) is 18.2 Å². The number of nitrogens with zero attached hydrogens (tertiary/aromatic N) is 2. The predicted octanol–water partition coefficient (Wildman–Crippen LogP) is 1.97. The van der Waals surface area contributed by atoms with Crippen molar-refractivity contribution >= 4 is 11.4 Å². The maximum Gasteiger partial charge on any atom is 0.296 e. The molecular weight excluding hydrogens is 234 g/mol.